The first kappa shape index (κ1) is 18.7. The van der Waals surface area contributed by atoms with E-state index in [1.54, 1.807) is 0 Å². The van der Waals surface area contributed by atoms with E-state index in [1.165, 1.54) is 18.9 Å². The lowest BCUT2D eigenvalue weighted by molar-refractivity contribution is -0.148. The summed E-state index contributed by atoms with van der Waals surface area (Å²) in [6, 6.07) is 0. The number of rotatable bonds is 2. The monoisotopic (exact) mass is 387 g/mol. The molecule has 154 valence electrons. The zero-order chi connectivity index (χ0) is 19.9. The molecule has 4 aliphatic carbocycles. The van der Waals surface area contributed by atoms with Crippen molar-refractivity contribution in [1.82, 2.24) is 0 Å². The van der Waals surface area contributed by atoms with Gasteiger partial charge in [0.05, 0.1) is 11.8 Å². The molecule has 0 aromatic rings. The predicted molar refractivity (Wildman–Crippen MR) is 105 cm³/mol. The molecule has 0 aromatic carbocycles. The summed E-state index contributed by atoms with van der Waals surface area (Å²) in [7, 11) is 0. The zero-order valence-electron chi connectivity index (χ0n) is 17.5. The lowest BCUT2D eigenvalue weighted by Gasteiger charge is -2.58. The van der Waals surface area contributed by atoms with Crippen molar-refractivity contribution < 1.29 is 19.5 Å². The molecule has 0 spiro atoms. The first-order valence-corrected chi connectivity index (χ1v) is 11.0. The fraction of sp³-hybridized carbons (Fsp3) is 0.826. The summed E-state index contributed by atoms with van der Waals surface area (Å²) in [6.45, 7) is 8.29. The first-order valence-electron chi connectivity index (χ1n) is 11.0. The van der Waals surface area contributed by atoms with E-state index in [0.29, 0.717) is 17.8 Å². The Morgan fingerprint density at radius 1 is 1.25 bits per heavy atom. The normalized spacial score (nSPS) is 51.9. The number of ether oxygens (including phenoxy) is 2. The molecule has 5 aliphatic rings. The van der Waals surface area contributed by atoms with E-state index in [-0.39, 0.29) is 34.6 Å². The fourth-order valence-corrected chi connectivity index (χ4v) is 8.12. The molecule has 5 rings (SSSR count). The number of fused-ring (bicyclic) bond motifs is 7. The number of carbonyl (C=O) groups is 1. The number of nitrogens with zero attached hydrogens (tertiary/aromatic N) is 1. The summed E-state index contributed by atoms with van der Waals surface area (Å²) >= 11 is 0. The summed E-state index contributed by atoms with van der Waals surface area (Å²) in [4.78, 5) is 11.4. The van der Waals surface area contributed by atoms with E-state index in [2.05, 4.69) is 25.1 Å². The van der Waals surface area contributed by atoms with Gasteiger partial charge in [0.1, 0.15) is 11.7 Å². The van der Waals surface area contributed by atoms with Crippen molar-refractivity contribution in [2.75, 3.05) is 0 Å². The number of hydrogen-bond acceptors (Lipinski definition) is 5. The third-order valence-electron chi connectivity index (χ3n) is 9.51. The average Bonchev–Trinajstić information content (AvgIpc) is 3.33. The molecule has 5 unspecified atom stereocenters. The van der Waals surface area contributed by atoms with Crippen LogP contribution >= 0.6 is 0 Å². The van der Waals surface area contributed by atoms with Gasteiger partial charge >= 0.3 is 5.97 Å². The van der Waals surface area contributed by atoms with Crippen LogP contribution in [0.4, 0.5) is 0 Å². The number of allylic oxidation sites excluding steroid dienone is 1. The summed E-state index contributed by atoms with van der Waals surface area (Å²) in [5.41, 5.74) is 2.28. The van der Waals surface area contributed by atoms with Crippen LogP contribution in [-0.2, 0) is 14.3 Å². The summed E-state index contributed by atoms with van der Waals surface area (Å²) in [6.07, 6.45) is 10.3. The molecule has 4 fully saturated rings. The SMILES string of the molecule is CC(=O)OC1CC[C@@]2(C)C(=CCC3C2CC[C@@]2(C)C3C[C@H]3OC32/C(C)=N/O)C1. The summed E-state index contributed by atoms with van der Waals surface area (Å²) < 4.78 is 11.7. The molecule has 1 saturated heterocycles. The minimum absolute atomic E-state index is 0.0569. The van der Waals surface area contributed by atoms with Gasteiger partial charge < -0.3 is 14.7 Å². The zero-order valence-corrected chi connectivity index (χ0v) is 17.5. The van der Waals surface area contributed by atoms with Crippen molar-refractivity contribution in [2.45, 2.75) is 90.4 Å². The second-order valence-corrected chi connectivity index (χ2v) is 10.5. The Morgan fingerprint density at radius 3 is 2.75 bits per heavy atom. The Hall–Kier alpha value is -1.36. The molecule has 0 radical (unpaired) electrons. The van der Waals surface area contributed by atoms with E-state index >= 15 is 0 Å². The van der Waals surface area contributed by atoms with Crippen LogP contribution < -0.4 is 0 Å². The van der Waals surface area contributed by atoms with Gasteiger partial charge in [-0.3, -0.25) is 4.79 Å². The smallest absolute Gasteiger partial charge is 0.302 e. The molecule has 0 aromatic heterocycles. The molecule has 5 heteroatoms. The van der Waals surface area contributed by atoms with Crippen LogP contribution in [0, 0.1) is 28.6 Å². The fourth-order valence-electron chi connectivity index (χ4n) is 8.12. The summed E-state index contributed by atoms with van der Waals surface area (Å²) in [5.74, 6) is 1.84. The van der Waals surface area contributed by atoms with E-state index < -0.39 is 0 Å². The number of carbonyl (C=O) groups excluding carboxylic acids is 1. The highest BCUT2D eigenvalue weighted by atomic mass is 16.6. The third kappa shape index (κ3) is 2.17. The Bertz CT molecular complexity index is 775. The highest BCUT2D eigenvalue weighted by Crippen LogP contribution is 2.73. The molecule has 8 atom stereocenters. The number of oxime groups is 1. The minimum Gasteiger partial charge on any atom is -0.462 e. The summed E-state index contributed by atoms with van der Waals surface area (Å²) in [5, 5.41) is 13.0. The Labute approximate surface area is 167 Å². The van der Waals surface area contributed by atoms with Crippen molar-refractivity contribution in [3.63, 3.8) is 0 Å². The standard InChI is InChI=1S/C23H33NO4/c1-13(24-26)23-20(28-23)12-19-17-6-5-15-11-16(27-14(2)25)7-9-21(15,3)18(17)8-10-22(19,23)4/h5,16-20,26H,6-12H2,1-4H3/b24-13+/t16?,17?,18?,19?,20-,21+,22+,23?/m1/s1. The van der Waals surface area contributed by atoms with Crippen LogP contribution in [0.5, 0.6) is 0 Å². The Morgan fingerprint density at radius 2 is 2.04 bits per heavy atom. The third-order valence-corrected chi connectivity index (χ3v) is 9.51. The van der Waals surface area contributed by atoms with Crippen LogP contribution in [0.25, 0.3) is 0 Å². The molecule has 1 heterocycles. The lowest BCUT2D eigenvalue weighted by atomic mass is 9.47. The second kappa shape index (κ2) is 5.84. The maximum Gasteiger partial charge on any atom is 0.302 e. The van der Waals surface area contributed by atoms with Gasteiger partial charge in [0.2, 0.25) is 0 Å². The van der Waals surface area contributed by atoms with Gasteiger partial charge in [-0.25, -0.2) is 0 Å². The van der Waals surface area contributed by atoms with Crippen LogP contribution in [-0.4, -0.2) is 34.7 Å². The van der Waals surface area contributed by atoms with Gasteiger partial charge in [-0.05, 0) is 68.6 Å². The molecule has 1 aliphatic heterocycles. The van der Waals surface area contributed by atoms with E-state index in [0.717, 1.165) is 44.2 Å². The van der Waals surface area contributed by atoms with Crippen LogP contribution in [0.3, 0.4) is 0 Å². The quantitative estimate of drug-likeness (QED) is 0.189. The van der Waals surface area contributed by atoms with Crippen molar-refractivity contribution in [3.05, 3.63) is 11.6 Å². The van der Waals surface area contributed by atoms with Crippen LogP contribution in [0.2, 0.25) is 0 Å². The van der Waals surface area contributed by atoms with Crippen molar-refractivity contribution in [1.29, 1.82) is 0 Å². The van der Waals surface area contributed by atoms with Gasteiger partial charge in [0.25, 0.3) is 0 Å². The van der Waals surface area contributed by atoms with Crippen LogP contribution in [0.1, 0.15) is 72.6 Å². The molecule has 28 heavy (non-hydrogen) atoms. The highest BCUT2D eigenvalue weighted by Gasteiger charge is 2.78. The maximum atomic E-state index is 11.4. The van der Waals surface area contributed by atoms with Gasteiger partial charge in [-0.15, -0.1) is 0 Å². The largest absolute Gasteiger partial charge is 0.462 e. The maximum absolute atomic E-state index is 11.4. The lowest BCUT2D eigenvalue weighted by Crippen LogP contribution is -2.54. The Balaban J connectivity index is 1.43. The van der Waals surface area contributed by atoms with Crippen LogP contribution in [0.15, 0.2) is 16.8 Å². The second-order valence-electron chi connectivity index (χ2n) is 10.5. The first-order chi connectivity index (χ1) is 13.3. The van der Waals surface area contributed by atoms with Gasteiger partial charge in [-0.2, -0.15) is 0 Å². The molecule has 5 nitrogen and oxygen atoms in total. The van der Waals surface area contributed by atoms with Gasteiger partial charge in [-0.1, -0.05) is 30.7 Å². The van der Waals surface area contributed by atoms with E-state index in [1.807, 2.05) is 6.92 Å². The van der Waals surface area contributed by atoms with E-state index in [4.69, 9.17) is 9.47 Å². The topological polar surface area (TPSA) is 71.4 Å². The predicted octanol–water partition coefficient (Wildman–Crippen LogP) is 4.48. The molecule has 0 bridgehead atoms. The number of epoxide rings is 1. The van der Waals surface area contributed by atoms with Crippen molar-refractivity contribution >= 4 is 11.7 Å². The van der Waals surface area contributed by atoms with Crippen molar-refractivity contribution in [2.24, 2.45) is 33.7 Å². The molecular formula is C23H33NO4. The number of hydrogen-bond donors (Lipinski definition) is 1. The van der Waals surface area contributed by atoms with Gasteiger partial charge in [0.15, 0.2) is 0 Å². The molecular weight excluding hydrogens is 354 g/mol. The molecule has 1 N–H and O–H groups in total. The van der Waals surface area contributed by atoms with E-state index in [9.17, 15) is 10.0 Å². The average molecular weight is 388 g/mol. The number of esters is 1. The minimum atomic E-state index is -0.324. The highest BCUT2D eigenvalue weighted by molar-refractivity contribution is 5.94. The van der Waals surface area contributed by atoms with Gasteiger partial charge in [0, 0.05) is 18.8 Å². The Kier molecular flexibility index (Phi) is 3.89. The van der Waals surface area contributed by atoms with Crippen molar-refractivity contribution in [3.8, 4) is 0 Å². The molecule has 0 amide bonds. The molecule has 3 saturated carbocycles.